The number of anilines is 1. The quantitative estimate of drug-likeness (QED) is 0.684. The molecule has 0 aliphatic heterocycles. The first kappa shape index (κ1) is 9.51. The number of urea groups is 1. The SMILES string of the molecule is CNC(=O)Nc1ccc(C)cc1F. The molecule has 0 radical (unpaired) electrons. The topological polar surface area (TPSA) is 41.1 Å². The summed E-state index contributed by atoms with van der Waals surface area (Å²) in [5.41, 5.74) is 1.00. The Kier molecular flexibility index (Phi) is 2.84. The summed E-state index contributed by atoms with van der Waals surface area (Å²) in [6.45, 7) is 1.78. The van der Waals surface area contributed by atoms with Crippen molar-refractivity contribution < 1.29 is 9.18 Å². The largest absolute Gasteiger partial charge is 0.341 e. The molecule has 1 rings (SSSR count). The first-order chi connectivity index (χ1) is 6.13. The van der Waals surface area contributed by atoms with Gasteiger partial charge in [0, 0.05) is 7.05 Å². The minimum absolute atomic E-state index is 0.185. The van der Waals surface area contributed by atoms with Gasteiger partial charge >= 0.3 is 6.03 Å². The normalized spacial score (nSPS) is 9.46. The average molecular weight is 182 g/mol. The molecule has 2 amide bonds. The van der Waals surface area contributed by atoms with Crippen LogP contribution in [0.1, 0.15) is 5.56 Å². The molecule has 0 bridgehead atoms. The van der Waals surface area contributed by atoms with E-state index in [0.29, 0.717) is 0 Å². The van der Waals surface area contributed by atoms with E-state index >= 15 is 0 Å². The van der Waals surface area contributed by atoms with Gasteiger partial charge in [-0.05, 0) is 24.6 Å². The minimum Gasteiger partial charge on any atom is -0.341 e. The van der Waals surface area contributed by atoms with Crippen molar-refractivity contribution in [2.45, 2.75) is 6.92 Å². The molecule has 0 fully saturated rings. The summed E-state index contributed by atoms with van der Waals surface area (Å²) in [5, 5.41) is 4.70. The van der Waals surface area contributed by atoms with Crippen molar-refractivity contribution in [2.24, 2.45) is 0 Å². The fourth-order valence-electron chi connectivity index (χ4n) is 0.906. The van der Waals surface area contributed by atoms with Gasteiger partial charge in [-0.15, -0.1) is 0 Å². The molecular weight excluding hydrogens is 171 g/mol. The fourth-order valence-corrected chi connectivity index (χ4v) is 0.906. The summed E-state index contributed by atoms with van der Waals surface area (Å²) in [4.78, 5) is 10.8. The maximum absolute atomic E-state index is 13.1. The van der Waals surface area contributed by atoms with Gasteiger partial charge in [0.15, 0.2) is 0 Å². The molecular formula is C9H11FN2O. The van der Waals surface area contributed by atoms with Crippen LogP contribution in [0.2, 0.25) is 0 Å². The molecule has 2 N–H and O–H groups in total. The number of benzene rings is 1. The van der Waals surface area contributed by atoms with Crippen LogP contribution in [-0.4, -0.2) is 13.1 Å². The lowest BCUT2D eigenvalue weighted by Crippen LogP contribution is -2.24. The highest BCUT2D eigenvalue weighted by Gasteiger charge is 2.04. The van der Waals surface area contributed by atoms with Crippen molar-refractivity contribution in [1.82, 2.24) is 5.32 Å². The van der Waals surface area contributed by atoms with Gasteiger partial charge in [-0.3, -0.25) is 0 Å². The molecule has 3 nitrogen and oxygen atoms in total. The number of aryl methyl sites for hydroxylation is 1. The van der Waals surface area contributed by atoms with E-state index in [4.69, 9.17) is 0 Å². The zero-order valence-electron chi connectivity index (χ0n) is 7.52. The second-order valence-corrected chi connectivity index (χ2v) is 2.69. The van der Waals surface area contributed by atoms with Crippen molar-refractivity contribution in [3.05, 3.63) is 29.6 Å². The highest BCUT2D eigenvalue weighted by molar-refractivity contribution is 5.89. The third-order valence-electron chi connectivity index (χ3n) is 1.60. The number of halogens is 1. The fraction of sp³-hybridized carbons (Fsp3) is 0.222. The summed E-state index contributed by atoms with van der Waals surface area (Å²) in [7, 11) is 1.47. The molecule has 0 heterocycles. The van der Waals surface area contributed by atoms with Crippen LogP contribution in [0.5, 0.6) is 0 Å². The van der Waals surface area contributed by atoms with Crippen LogP contribution in [0.15, 0.2) is 18.2 Å². The predicted molar refractivity (Wildman–Crippen MR) is 49.2 cm³/mol. The van der Waals surface area contributed by atoms with E-state index in [1.807, 2.05) is 0 Å². The van der Waals surface area contributed by atoms with Gasteiger partial charge in [0.2, 0.25) is 0 Å². The molecule has 1 aromatic rings. The van der Waals surface area contributed by atoms with E-state index in [9.17, 15) is 9.18 Å². The Morgan fingerprint density at radius 3 is 2.69 bits per heavy atom. The van der Waals surface area contributed by atoms with Gasteiger partial charge in [-0.1, -0.05) is 6.07 Å². The summed E-state index contributed by atoms with van der Waals surface area (Å²) >= 11 is 0. The smallest absolute Gasteiger partial charge is 0.319 e. The van der Waals surface area contributed by atoms with E-state index in [-0.39, 0.29) is 5.69 Å². The second-order valence-electron chi connectivity index (χ2n) is 2.69. The van der Waals surface area contributed by atoms with Crippen LogP contribution in [0.4, 0.5) is 14.9 Å². The van der Waals surface area contributed by atoms with Gasteiger partial charge in [0.25, 0.3) is 0 Å². The summed E-state index contributed by atoms with van der Waals surface area (Å²) in [6.07, 6.45) is 0. The molecule has 0 aromatic heterocycles. The van der Waals surface area contributed by atoms with Gasteiger partial charge in [0.1, 0.15) is 5.82 Å². The zero-order valence-corrected chi connectivity index (χ0v) is 7.52. The summed E-state index contributed by atoms with van der Waals surface area (Å²) in [5.74, 6) is -0.427. The second kappa shape index (κ2) is 3.89. The lowest BCUT2D eigenvalue weighted by molar-refractivity contribution is 0.254. The van der Waals surface area contributed by atoms with Crippen LogP contribution >= 0.6 is 0 Å². The minimum atomic E-state index is -0.428. The van der Waals surface area contributed by atoms with Crippen LogP contribution < -0.4 is 10.6 Å². The molecule has 1 aromatic carbocycles. The van der Waals surface area contributed by atoms with E-state index in [1.54, 1.807) is 13.0 Å². The summed E-state index contributed by atoms with van der Waals surface area (Å²) in [6, 6.07) is 4.20. The van der Waals surface area contributed by atoms with Crippen molar-refractivity contribution in [3.63, 3.8) is 0 Å². The first-order valence-electron chi connectivity index (χ1n) is 3.88. The Hall–Kier alpha value is -1.58. The van der Waals surface area contributed by atoms with Crippen molar-refractivity contribution >= 4 is 11.7 Å². The Labute approximate surface area is 76.0 Å². The maximum Gasteiger partial charge on any atom is 0.319 e. The van der Waals surface area contributed by atoms with Gasteiger partial charge in [-0.25, -0.2) is 9.18 Å². The highest BCUT2D eigenvalue weighted by atomic mass is 19.1. The van der Waals surface area contributed by atoms with Gasteiger partial charge in [0.05, 0.1) is 5.69 Å². The van der Waals surface area contributed by atoms with Crippen LogP contribution in [0.25, 0.3) is 0 Å². The number of carbonyl (C=O) groups excluding carboxylic acids is 1. The third-order valence-corrected chi connectivity index (χ3v) is 1.60. The molecule has 0 aliphatic carbocycles. The number of rotatable bonds is 1. The van der Waals surface area contributed by atoms with E-state index in [0.717, 1.165) is 5.56 Å². The zero-order chi connectivity index (χ0) is 9.84. The number of hydrogen-bond donors (Lipinski definition) is 2. The van der Waals surface area contributed by atoms with Crippen LogP contribution in [-0.2, 0) is 0 Å². The Balaban J connectivity index is 2.83. The van der Waals surface area contributed by atoms with E-state index in [2.05, 4.69) is 10.6 Å². The van der Waals surface area contributed by atoms with E-state index in [1.165, 1.54) is 19.2 Å². The monoisotopic (exact) mass is 182 g/mol. The molecule has 70 valence electrons. The first-order valence-corrected chi connectivity index (χ1v) is 3.88. The Morgan fingerprint density at radius 2 is 2.15 bits per heavy atom. The maximum atomic E-state index is 13.1. The lowest BCUT2D eigenvalue weighted by Gasteiger charge is -2.05. The standard InChI is InChI=1S/C9H11FN2O/c1-6-3-4-8(7(10)5-6)12-9(13)11-2/h3-5H,1-2H3,(H2,11,12,13). The lowest BCUT2D eigenvalue weighted by atomic mass is 10.2. The van der Waals surface area contributed by atoms with Crippen molar-refractivity contribution in [3.8, 4) is 0 Å². The number of hydrogen-bond acceptors (Lipinski definition) is 1. The molecule has 0 aliphatic rings. The molecule has 0 spiro atoms. The van der Waals surface area contributed by atoms with Gasteiger partial charge in [-0.2, -0.15) is 0 Å². The number of amides is 2. The average Bonchev–Trinajstić information content (AvgIpc) is 2.09. The Bertz CT molecular complexity index is 325. The van der Waals surface area contributed by atoms with Crippen LogP contribution in [0, 0.1) is 12.7 Å². The van der Waals surface area contributed by atoms with Crippen molar-refractivity contribution in [2.75, 3.05) is 12.4 Å². The molecule has 4 heteroatoms. The third kappa shape index (κ3) is 2.43. The molecule has 0 atom stereocenters. The molecule has 13 heavy (non-hydrogen) atoms. The van der Waals surface area contributed by atoms with E-state index < -0.39 is 11.8 Å². The van der Waals surface area contributed by atoms with Crippen molar-refractivity contribution in [1.29, 1.82) is 0 Å². The molecule has 0 unspecified atom stereocenters. The number of carbonyl (C=O) groups is 1. The number of nitrogens with one attached hydrogen (secondary N) is 2. The Morgan fingerprint density at radius 1 is 1.46 bits per heavy atom. The van der Waals surface area contributed by atoms with Crippen LogP contribution in [0.3, 0.4) is 0 Å². The van der Waals surface area contributed by atoms with Gasteiger partial charge < -0.3 is 10.6 Å². The predicted octanol–water partition coefficient (Wildman–Crippen LogP) is 1.89. The molecule has 0 saturated heterocycles. The highest BCUT2D eigenvalue weighted by Crippen LogP contribution is 2.14. The summed E-state index contributed by atoms with van der Waals surface area (Å²) < 4.78 is 13.1. The molecule has 0 saturated carbocycles.